The Kier molecular flexibility index (Phi) is 6.48. The van der Waals surface area contributed by atoms with Gasteiger partial charge >= 0.3 is 0 Å². The maximum atomic E-state index is 14.4. The lowest BCUT2D eigenvalue weighted by atomic mass is 9.51. The molecule has 6 atom stereocenters. The Bertz CT molecular complexity index is 1540. The zero-order valence-electron chi connectivity index (χ0n) is 22.9. The molecular formula is C31H30ClFN2O6. The summed E-state index contributed by atoms with van der Waals surface area (Å²) in [6, 6.07) is 8.47. The third-order valence-electron chi connectivity index (χ3n) is 9.53. The first-order valence-corrected chi connectivity index (χ1v) is 14.2. The van der Waals surface area contributed by atoms with E-state index in [1.165, 1.54) is 30.2 Å². The van der Waals surface area contributed by atoms with Crippen molar-refractivity contribution < 1.29 is 33.4 Å². The minimum Gasteiger partial charge on any atom is -0.508 e. The molecule has 2 heterocycles. The number of amides is 4. The number of methoxy groups -OCH3 is 1. The molecule has 1 N–H and O–H groups in total. The summed E-state index contributed by atoms with van der Waals surface area (Å²) in [6.07, 6.45) is 3.03. The van der Waals surface area contributed by atoms with Gasteiger partial charge in [-0.1, -0.05) is 36.2 Å². The lowest BCUT2D eigenvalue weighted by Crippen LogP contribution is -2.49. The Morgan fingerprint density at radius 1 is 1.10 bits per heavy atom. The molecule has 6 rings (SSSR count). The molecule has 0 aromatic heterocycles. The molecule has 2 aromatic carbocycles. The van der Waals surface area contributed by atoms with Crippen LogP contribution in [0.15, 0.2) is 48.0 Å². The van der Waals surface area contributed by atoms with Gasteiger partial charge in [0.1, 0.15) is 17.3 Å². The van der Waals surface area contributed by atoms with Crippen molar-refractivity contribution >= 4 is 40.9 Å². The number of phenols is 1. The Morgan fingerprint density at radius 2 is 1.85 bits per heavy atom. The molecule has 2 aliphatic heterocycles. The van der Waals surface area contributed by atoms with Crippen molar-refractivity contribution in [1.82, 2.24) is 4.90 Å². The highest BCUT2D eigenvalue weighted by Gasteiger charge is 2.68. The van der Waals surface area contributed by atoms with E-state index in [0.717, 1.165) is 16.5 Å². The number of ether oxygens (including phenoxy) is 1. The highest BCUT2D eigenvalue weighted by atomic mass is 35.5. The van der Waals surface area contributed by atoms with Crippen LogP contribution in [0.5, 0.6) is 11.5 Å². The number of hydrogen-bond acceptors (Lipinski definition) is 6. The van der Waals surface area contributed by atoms with Crippen LogP contribution in [0.4, 0.5) is 10.1 Å². The molecule has 10 heteroatoms. The summed E-state index contributed by atoms with van der Waals surface area (Å²) in [7, 11) is 1.46. The molecule has 3 fully saturated rings. The average molecular weight is 581 g/mol. The number of benzene rings is 2. The van der Waals surface area contributed by atoms with Crippen molar-refractivity contribution in [3.05, 3.63) is 64.5 Å². The largest absolute Gasteiger partial charge is 0.508 e. The fourth-order valence-corrected chi connectivity index (χ4v) is 7.88. The van der Waals surface area contributed by atoms with Gasteiger partial charge in [0, 0.05) is 18.0 Å². The summed E-state index contributed by atoms with van der Waals surface area (Å²) in [5.41, 5.74) is -0.154. The first-order chi connectivity index (χ1) is 19.6. The van der Waals surface area contributed by atoms with Gasteiger partial charge in [0.2, 0.25) is 23.6 Å². The molecule has 214 valence electrons. The number of aromatic hydroxyl groups is 1. The van der Waals surface area contributed by atoms with Gasteiger partial charge in [0.15, 0.2) is 0 Å². The Morgan fingerprint density at radius 3 is 2.54 bits per heavy atom. The number of hydrogen-bond donors (Lipinski definition) is 1. The van der Waals surface area contributed by atoms with Gasteiger partial charge in [0.25, 0.3) is 0 Å². The summed E-state index contributed by atoms with van der Waals surface area (Å²) in [4.78, 5) is 57.9. The number of allylic oxidation sites excluding steroid dienone is 2. The number of carbonyl (C=O) groups excluding carboxylic acids is 4. The van der Waals surface area contributed by atoms with Gasteiger partial charge in [-0.2, -0.15) is 0 Å². The fraction of sp³-hybridized carbons (Fsp3) is 0.419. The van der Waals surface area contributed by atoms with Crippen LogP contribution in [0.1, 0.15) is 44.6 Å². The molecule has 2 saturated heterocycles. The van der Waals surface area contributed by atoms with Crippen LogP contribution in [-0.4, -0.2) is 47.3 Å². The van der Waals surface area contributed by atoms with Crippen LogP contribution in [0, 0.1) is 34.9 Å². The summed E-state index contributed by atoms with van der Waals surface area (Å²) in [6.45, 7) is 3.92. The van der Waals surface area contributed by atoms with Crippen molar-refractivity contribution in [2.24, 2.45) is 29.1 Å². The molecule has 41 heavy (non-hydrogen) atoms. The minimum absolute atomic E-state index is 0.108. The van der Waals surface area contributed by atoms with E-state index in [0.29, 0.717) is 30.7 Å². The average Bonchev–Trinajstić information content (AvgIpc) is 3.30. The monoisotopic (exact) mass is 580 g/mol. The van der Waals surface area contributed by atoms with Gasteiger partial charge in [-0.25, -0.2) is 9.29 Å². The second-order valence-corrected chi connectivity index (χ2v) is 11.9. The maximum Gasteiger partial charge on any atom is 0.241 e. The molecule has 2 aromatic rings. The predicted octanol–water partition coefficient (Wildman–Crippen LogP) is 4.83. The minimum atomic E-state index is -1.38. The number of likely N-dealkylation sites (tertiary alicyclic amines) is 1. The van der Waals surface area contributed by atoms with Gasteiger partial charge in [-0.15, -0.1) is 0 Å². The first-order valence-electron chi connectivity index (χ1n) is 13.8. The Labute approximate surface area is 241 Å². The molecule has 1 saturated carbocycles. The van der Waals surface area contributed by atoms with Crippen LogP contribution >= 0.6 is 11.6 Å². The molecule has 0 bridgehead atoms. The summed E-state index contributed by atoms with van der Waals surface area (Å²) >= 11 is 6.03. The zero-order valence-corrected chi connectivity index (χ0v) is 23.7. The van der Waals surface area contributed by atoms with E-state index >= 15 is 0 Å². The van der Waals surface area contributed by atoms with Gasteiger partial charge in [0.05, 0.1) is 41.0 Å². The van der Waals surface area contributed by atoms with E-state index in [1.54, 1.807) is 19.1 Å². The molecule has 0 radical (unpaired) electrons. The summed E-state index contributed by atoms with van der Waals surface area (Å²) in [5, 5.41) is 11.0. The fourth-order valence-electron chi connectivity index (χ4n) is 7.70. The van der Waals surface area contributed by atoms with Crippen LogP contribution in [0.2, 0.25) is 5.02 Å². The van der Waals surface area contributed by atoms with Crippen LogP contribution in [-0.2, 0) is 19.2 Å². The van der Waals surface area contributed by atoms with Gasteiger partial charge < -0.3 is 9.84 Å². The molecule has 4 aliphatic rings. The molecule has 0 unspecified atom stereocenters. The maximum absolute atomic E-state index is 14.4. The highest BCUT2D eigenvalue weighted by molar-refractivity contribution is 6.31. The van der Waals surface area contributed by atoms with E-state index in [9.17, 15) is 28.7 Å². The predicted molar refractivity (Wildman–Crippen MR) is 148 cm³/mol. The highest BCUT2D eigenvalue weighted by Crippen LogP contribution is 2.65. The second-order valence-electron chi connectivity index (χ2n) is 11.5. The molecule has 8 nitrogen and oxygen atoms in total. The Hall–Kier alpha value is -3.72. The SMILES string of the molecule is CCCN1C(=O)[C@H]2[C@H](CC=C3[C@H]2C[C@H]2C(=O)N(c4ccc(F)c(Cl)c4)C(=O)[C@@]2(C)[C@H]3c2c(O)cccc2OC)C1=O. The smallest absolute Gasteiger partial charge is 0.241 e. The van der Waals surface area contributed by atoms with Crippen LogP contribution in [0.3, 0.4) is 0 Å². The molecule has 2 aliphatic carbocycles. The van der Waals surface area contributed by atoms with E-state index in [-0.39, 0.29) is 34.7 Å². The molecular weight excluding hydrogens is 551 g/mol. The van der Waals surface area contributed by atoms with E-state index in [2.05, 4.69) is 0 Å². The molecule has 4 amide bonds. The second kappa shape index (κ2) is 9.69. The number of fused-ring (bicyclic) bond motifs is 4. The van der Waals surface area contributed by atoms with Crippen LogP contribution < -0.4 is 9.64 Å². The van der Waals surface area contributed by atoms with E-state index in [4.69, 9.17) is 16.3 Å². The van der Waals surface area contributed by atoms with E-state index in [1.807, 2.05) is 13.0 Å². The lowest BCUT2D eigenvalue weighted by Gasteiger charge is -2.49. The van der Waals surface area contributed by atoms with Crippen molar-refractivity contribution in [2.75, 3.05) is 18.6 Å². The summed E-state index contributed by atoms with van der Waals surface area (Å²) < 4.78 is 19.7. The number of rotatable bonds is 5. The van der Waals surface area contributed by atoms with E-state index < -0.39 is 52.6 Å². The van der Waals surface area contributed by atoms with Crippen molar-refractivity contribution in [3.63, 3.8) is 0 Å². The quantitative estimate of drug-likeness (QED) is 0.401. The normalized spacial score (nSPS) is 30.8. The third-order valence-corrected chi connectivity index (χ3v) is 9.82. The van der Waals surface area contributed by atoms with Gasteiger partial charge in [-0.05, 0) is 62.4 Å². The van der Waals surface area contributed by atoms with Crippen LogP contribution in [0.25, 0.3) is 0 Å². The Balaban J connectivity index is 1.55. The topological polar surface area (TPSA) is 104 Å². The zero-order chi connectivity index (χ0) is 29.4. The van der Waals surface area contributed by atoms with Crippen molar-refractivity contribution in [1.29, 1.82) is 0 Å². The first kappa shape index (κ1) is 27.4. The van der Waals surface area contributed by atoms with Gasteiger partial charge in [-0.3, -0.25) is 24.1 Å². The lowest BCUT2D eigenvalue weighted by molar-refractivity contribution is -0.140. The molecule has 0 spiro atoms. The number of anilines is 1. The standard InChI is InChI=1S/C31H30ClFN2O6/c1-4-12-34-27(37)17-10-9-16-18(24(17)29(34)39)14-19-28(38)35(15-8-11-21(33)20(32)13-15)30(40)31(19,2)26(16)25-22(36)6-5-7-23(25)41-3/h5-9,11,13,17-19,24,26,36H,4,10,12,14H2,1-3H3/t17-,18+,19-,24-,26+,31+/m0/s1. The van der Waals surface area contributed by atoms with Crippen molar-refractivity contribution in [3.8, 4) is 11.5 Å². The number of imide groups is 2. The number of halogens is 2. The third kappa shape index (κ3) is 3.70. The van der Waals surface area contributed by atoms with Crippen molar-refractivity contribution in [2.45, 2.75) is 39.0 Å². The number of phenolic OH excluding ortho intramolecular Hbond substituents is 1. The number of carbonyl (C=O) groups is 4. The number of nitrogens with zero attached hydrogens (tertiary/aromatic N) is 2. The summed E-state index contributed by atoms with van der Waals surface area (Å²) in [5.74, 6) is -5.38.